The summed E-state index contributed by atoms with van der Waals surface area (Å²) in [5, 5.41) is 26.8. The molecule has 0 unspecified atom stereocenters. The SMILES string of the molecule is C/C=C/c1ccc2n(c1=O)C[C@@H]1[C@@H](CO)[C@H](C(=O)NCCC)[C@H]2N1CC1CCOCC1.C/C=C\c1ccc2n(c1=O)C[C@@H]1[C@@H](CO)[C@H](C(=O)NCCC)[C@H]2N1CC1CCOCC1. The zero-order chi connectivity index (χ0) is 43.9. The average Bonchev–Trinajstić information content (AvgIpc) is 3.62. The number of carbonyl (C=O) groups excluding carboxylic acids is 2. The number of pyridine rings is 2. The zero-order valence-corrected chi connectivity index (χ0v) is 37.3. The van der Waals surface area contributed by atoms with Gasteiger partial charge >= 0.3 is 0 Å². The van der Waals surface area contributed by atoms with Gasteiger partial charge in [-0.05, 0) is 88.5 Å². The number of aliphatic hydroxyl groups is 2. The van der Waals surface area contributed by atoms with Gasteiger partial charge in [0.15, 0.2) is 0 Å². The number of ether oxygens (including phenoxy) is 2. The van der Waals surface area contributed by atoms with Crippen molar-refractivity contribution in [2.45, 2.75) is 103 Å². The van der Waals surface area contributed by atoms with Crippen molar-refractivity contribution in [1.29, 1.82) is 0 Å². The molecule has 6 aliphatic rings. The molecule has 62 heavy (non-hydrogen) atoms. The lowest BCUT2D eigenvalue weighted by atomic mass is 9.86. The van der Waals surface area contributed by atoms with Crippen molar-refractivity contribution in [3.8, 4) is 0 Å². The van der Waals surface area contributed by atoms with Crippen molar-refractivity contribution in [2.75, 3.05) is 65.8 Å². The molecular formula is C48H70N6O8. The van der Waals surface area contributed by atoms with Gasteiger partial charge in [-0.3, -0.25) is 29.0 Å². The van der Waals surface area contributed by atoms with Gasteiger partial charge in [-0.2, -0.15) is 0 Å². The van der Waals surface area contributed by atoms with E-state index in [1.165, 1.54) is 0 Å². The van der Waals surface area contributed by atoms with E-state index in [1.54, 1.807) is 0 Å². The molecule has 2 amide bonds. The summed E-state index contributed by atoms with van der Waals surface area (Å²) in [6.07, 6.45) is 13.2. The van der Waals surface area contributed by atoms with Crippen LogP contribution in [-0.4, -0.2) is 119 Å². The van der Waals surface area contributed by atoms with Crippen LogP contribution < -0.4 is 21.8 Å². The van der Waals surface area contributed by atoms with Crippen LogP contribution in [0.1, 0.15) is 101 Å². The van der Waals surface area contributed by atoms with Gasteiger partial charge in [0.05, 0.1) is 23.9 Å². The largest absolute Gasteiger partial charge is 0.396 e. The summed E-state index contributed by atoms with van der Waals surface area (Å²) < 4.78 is 14.8. The summed E-state index contributed by atoms with van der Waals surface area (Å²) in [6.45, 7) is 14.9. The van der Waals surface area contributed by atoms with Crippen molar-refractivity contribution >= 4 is 24.0 Å². The third-order valence-corrected chi connectivity index (χ3v) is 14.4. The van der Waals surface area contributed by atoms with E-state index in [4.69, 9.17) is 9.47 Å². The molecule has 0 radical (unpaired) electrons. The van der Waals surface area contributed by atoms with Crippen LogP contribution >= 0.6 is 0 Å². The van der Waals surface area contributed by atoms with Crippen molar-refractivity contribution in [3.05, 3.63) is 79.6 Å². The fourth-order valence-corrected chi connectivity index (χ4v) is 11.4. The highest BCUT2D eigenvalue weighted by molar-refractivity contribution is 5.81. The normalized spacial score (nSPS) is 28.7. The van der Waals surface area contributed by atoms with Crippen LogP contribution in [0.3, 0.4) is 0 Å². The lowest BCUT2D eigenvalue weighted by Crippen LogP contribution is -2.48. The van der Waals surface area contributed by atoms with Gasteiger partial charge in [-0.15, -0.1) is 0 Å². The molecule has 8 rings (SSSR count). The molecule has 0 aromatic carbocycles. The van der Waals surface area contributed by atoms with Crippen molar-refractivity contribution in [1.82, 2.24) is 29.6 Å². The van der Waals surface area contributed by atoms with Crippen LogP contribution in [0.25, 0.3) is 12.2 Å². The van der Waals surface area contributed by atoms with E-state index < -0.39 is 0 Å². The van der Waals surface area contributed by atoms with Crippen LogP contribution in [0.5, 0.6) is 0 Å². The predicted molar refractivity (Wildman–Crippen MR) is 239 cm³/mol. The zero-order valence-electron chi connectivity index (χ0n) is 37.3. The Labute approximate surface area is 366 Å². The Balaban J connectivity index is 0.000000186. The standard InChI is InChI=1S/2C24H35N3O4/c2*1-3-5-17-6-7-19-22-21(23(29)25-10-4-2)18(15-28)20(14-27(19)24(17)30)26(22)13-16-8-11-31-12-9-16/h2*3,5-7,16,18,20-22,28H,4,8-15H2,1-2H3,(H,25,29)/b5-3+;5-3-/t2*18-,20-,21+,22+/m11/s1. The van der Waals surface area contributed by atoms with E-state index in [0.29, 0.717) is 49.1 Å². The van der Waals surface area contributed by atoms with E-state index in [-0.39, 0.29) is 84.0 Å². The van der Waals surface area contributed by atoms with E-state index in [0.717, 1.165) is 89.4 Å². The second-order valence-electron chi connectivity index (χ2n) is 18.1. The lowest BCUT2D eigenvalue weighted by molar-refractivity contribution is -0.128. The molecular weight excluding hydrogens is 789 g/mol. The van der Waals surface area contributed by atoms with Gasteiger partial charge in [0.2, 0.25) is 11.8 Å². The number of rotatable bonds is 14. The molecule has 2 aromatic heterocycles. The summed E-state index contributed by atoms with van der Waals surface area (Å²) in [4.78, 5) is 57.7. The third kappa shape index (κ3) is 9.19. The summed E-state index contributed by atoms with van der Waals surface area (Å²) in [6, 6.07) is 7.32. The van der Waals surface area contributed by atoms with Gasteiger partial charge in [-0.1, -0.05) is 38.2 Å². The maximum absolute atomic E-state index is 13.3. The summed E-state index contributed by atoms with van der Waals surface area (Å²) in [7, 11) is 0. The van der Waals surface area contributed by atoms with E-state index in [9.17, 15) is 29.4 Å². The summed E-state index contributed by atoms with van der Waals surface area (Å²) in [5.41, 5.74) is 3.10. The van der Waals surface area contributed by atoms with Crippen molar-refractivity contribution in [2.24, 2.45) is 35.5 Å². The maximum atomic E-state index is 13.3. The molecule has 8 heterocycles. The molecule has 0 aliphatic carbocycles. The van der Waals surface area contributed by atoms with Crippen LogP contribution in [0.2, 0.25) is 0 Å². The molecule has 0 spiro atoms. The second-order valence-corrected chi connectivity index (χ2v) is 18.1. The summed E-state index contributed by atoms with van der Waals surface area (Å²) in [5.74, 6) is -0.0959. The van der Waals surface area contributed by atoms with Crippen LogP contribution in [0.4, 0.5) is 0 Å². The number of hydrogen-bond acceptors (Lipinski definition) is 10. The van der Waals surface area contributed by atoms with Crippen molar-refractivity contribution in [3.63, 3.8) is 0 Å². The number of amides is 2. The van der Waals surface area contributed by atoms with E-state index in [1.807, 2.05) is 85.4 Å². The molecule has 0 saturated carbocycles. The van der Waals surface area contributed by atoms with Gasteiger partial charge in [0.1, 0.15) is 0 Å². The van der Waals surface area contributed by atoms with Crippen LogP contribution in [-0.2, 0) is 32.2 Å². The molecule has 340 valence electrons. The van der Waals surface area contributed by atoms with Crippen LogP contribution in [0.15, 0.2) is 46.0 Å². The number of aliphatic hydroxyl groups excluding tert-OH is 2. The first-order valence-electron chi connectivity index (χ1n) is 23.4. The Morgan fingerprint density at radius 3 is 1.39 bits per heavy atom. The van der Waals surface area contributed by atoms with Crippen molar-refractivity contribution < 1.29 is 29.3 Å². The topological polar surface area (TPSA) is 168 Å². The number of aromatic nitrogens is 2. The Hall–Kier alpha value is -3.92. The molecule has 4 saturated heterocycles. The Morgan fingerprint density at radius 1 is 0.661 bits per heavy atom. The quantitative estimate of drug-likeness (QED) is 0.221. The highest BCUT2D eigenvalue weighted by Crippen LogP contribution is 2.50. The molecule has 14 nitrogen and oxygen atoms in total. The summed E-state index contributed by atoms with van der Waals surface area (Å²) >= 11 is 0. The fraction of sp³-hybridized carbons (Fsp3) is 0.667. The first kappa shape index (κ1) is 46.1. The molecule has 4 bridgehead atoms. The Bertz CT molecular complexity index is 1890. The molecule has 4 N–H and O–H groups in total. The second kappa shape index (κ2) is 21.2. The van der Waals surface area contributed by atoms with Crippen LogP contribution in [0, 0.1) is 35.5 Å². The minimum Gasteiger partial charge on any atom is -0.396 e. The minimum atomic E-state index is -0.359. The fourth-order valence-electron chi connectivity index (χ4n) is 11.4. The first-order chi connectivity index (χ1) is 30.2. The molecule has 4 fully saturated rings. The van der Waals surface area contributed by atoms with Gasteiger partial charge in [0.25, 0.3) is 11.1 Å². The van der Waals surface area contributed by atoms with Gasteiger partial charge < -0.3 is 39.5 Å². The van der Waals surface area contributed by atoms with E-state index in [2.05, 4.69) is 20.4 Å². The number of nitrogens with zero attached hydrogens (tertiary/aromatic N) is 4. The predicted octanol–water partition coefficient (Wildman–Crippen LogP) is 3.60. The average molecular weight is 859 g/mol. The number of hydrogen-bond donors (Lipinski definition) is 4. The third-order valence-electron chi connectivity index (χ3n) is 14.4. The maximum Gasteiger partial charge on any atom is 0.258 e. The van der Waals surface area contributed by atoms with Gasteiger partial charge in [-0.25, -0.2) is 0 Å². The Kier molecular flexibility index (Phi) is 15.7. The molecule has 14 heteroatoms. The van der Waals surface area contributed by atoms with E-state index >= 15 is 0 Å². The highest BCUT2D eigenvalue weighted by Gasteiger charge is 2.57. The number of carbonyl (C=O) groups is 2. The smallest absolute Gasteiger partial charge is 0.258 e. The molecule has 2 aromatic rings. The number of fused-ring (bicyclic) bond motifs is 8. The number of allylic oxidation sites excluding steroid dienone is 2. The highest BCUT2D eigenvalue weighted by atomic mass is 16.5. The molecule has 6 aliphatic heterocycles. The lowest BCUT2D eigenvalue weighted by Gasteiger charge is -2.40. The molecule has 8 atom stereocenters. The minimum absolute atomic E-state index is 0.0104. The Morgan fingerprint density at radius 2 is 1.05 bits per heavy atom. The number of nitrogens with one attached hydrogen (secondary N) is 2. The van der Waals surface area contributed by atoms with Gasteiger partial charge in [0, 0.05) is 125 Å². The first-order valence-corrected chi connectivity index (χ1v) is 23.4. The monoisotopic (exact) mass is 859 g/mol.